The number of benzene rings is 1. The molecule has 1 unspecified atom stereocenters. The Morgan fingerprint density at radius 2 is 2.07 bits per heavy atom. The van der Waals surface area contributed by atoms with E-state index in [-0.39, 0.29) is 22.8 Å². The Bertz CT molecular complexity index is 980. The molecule has 0 aliphatic carbocycles. The minimum atomic E-state index is -3.53. The summed E-state index contributed by atoms with van der Waals surface area (Å²) >= 11 is 0. The minimum absolute atomic E-state index is 0.0135. The molecule has 1 aliphatic heterocycles. The zero-order valence-corrected chi connectivity index (χ0v) is 14.5. The van der Waals surface area contributed by atoms with Crippen LogP contribution in [0.5, 0.6) is 0 Å². The summed E-state index contributed by atoms with van der Waals surface area (Å²) in [5, 5.41) is 27.7. The highest BCUT2D eigenvalue weighted by atomic mass is 19.3. The van der Waals surface area contributed by atoms with E-state index in [2.05, 4.69) is 10.2 Å². The van der Waals surface area contributed by atoms with Gasteiger partial charge in [-0.15, -0.1) is 0 Å². The maximum atomic E-state index is 13.3. The van der Waals surface area contributed by atoms with Gasteiger partial charge in [-0.25, -0.2) is 17.6 Å². The van der Waals surface area contributed by atoms with Crippen molar-refractivity contribution in [1.82, 2.24) is 14.8 Å². The van der Waals surface area contributed by atoms with Crippen LogP contribution in [0.1, 0.15) is 22.3 Å². The average Bonchev–Trinajstić information content (AvgIpc) is 3.27. The van der Waals surface area contributed by atoms with Gasteiger partial charge in [-0.2, -0.15) is 15.2 Å². The fourth-order valence-electron chi connectivity index (χ4n) is 2.75. The lowest BCUT2D eigenvalue weighted by atomic mass is 10.1. The maximum Gasteiger partial charge on any atom is 0.307 e. The lowest BCUT2D eigenvalue weighted by Gasteiger charge is -2.30. The summed E-state index contributed by atoms with van der Waals surface area (Å²) in [6, 6.07) is 5.44. The van der Waals surface area contributed by atoms with Gasteiger partial charge in [0.25, 0.3) is 18.8 Å². The van der Waals surface area contributed by atoms with Gasteiger partial charge < -0.3 is 5.11 Å². The number of rotatable bonds is 6. The molecule has 1 N–H and O–H groups in total. The third kappa shape index (κ3) is 3.94. The smallest absolute Gasteiger partial charge is 0.307 e. The van der Waals surface area contributed by atoms with Crippen LogP contribution in [0, 0.1) is 10.1 Å². The van der Waals surface area contributed by atoms with E-state index in [0.717, 1.165) is 12.4 Å². The topological polar surface area (TPSA) is 114 Å². The number of amides is 1. The van der Waals surface area contributed by atoms with Gasteiger partial charge in [0.2, 0.25) is 5.72 Å². The van der Waals surface area contributed by atoms with Gasteiger partial charge in [-0.05, 0) is 17.7 Å². The summed E-state index contributed by atoms with van der Waals surface area (Å²) in [6.07, 6.45) is -5.73. The van der Waals surface area contributed by atoms with Gasteiger partial charge in [0.1, 0.15) is 18.1 Å². The molecular weight excluding hydrogens is 402 g/mol. The van der Waals surface area contributed by atoms with Crippen LogP contribution in [0.25, 0.3) is 0 Å². The van der Waals surface area contributed by atoms with Crippen molar-refractivity contribution >= 4 is 17.3 Å². The largest absolute Gasteiger partial charge is 0.364 e. The van der Waals surface area contributed by atoms with E-state index >= 15 is 0 Å². The lowest BCUT2D eigenvalue weighted by Crippen LogP contribution is -2.51. The predicted molar refractivity (Wildman–Crippen MR) is 89.6 cm³/mol. The monoisotopic (exact) mass is 415 g/mol. The zero-order valence-electron chi connectivity index (χ0n) is 14.5. The molecule has 0 saturated heterocycles. The second-order valence-electron chi connectivity index (χ2n) is 6.22. The molecule has 1 aromatic carbocycles. The van der Waals surface area contributed by atoms with Crippen LogP contribution in [-0.4, -0.2) is 55.0 Å². The van der Waals surface area contributed by atoms with Crippen molar-refractivity contribution < 1.29 is 32.4 Å². The SMILES string of the molecule is O=C(c1cccc(Cn2cc([N+](=O)[O-])cn2)c1)N1N=C(C(F)F)CC1(O)C(F)F. The van der Waals surface area contributed by atoms with Gasteiger partial charge in [0.05, 0.1) is 11.5 Å². The van der Waals surface area contributed by atoms with Crippen molar-refractivity contribution in [3.63, 3.8) is 0 Å². The van der Waals surface area contributed by atoms with Crippen LogP contribution in [0.2, 0.25) is 0 Å². The van der Waals surface area contributed by atoms with E-state index in [1.165, 1.54) is 22.9 Å². The van der Waals surface area contributed by atoms with Crippen molar-refractivity contribution in [2.45, 2.75) is 31.5 Å². The summed E-state index contributed by atoms with van der Waals surface area (Å²) < 4.78 is 53.5. The number of carbonyl (C=O) groups excluding carboxylic acids is 1. The first-order valence-corrected chi connectivity index (χ1v) is 8.08. The first-order chi connectivity index (χ1) is 13.6. The number of alkyl halides is 4. The van der Waals surface area contributed by atoms with Crippen molar-refractivity contribution in [3.05, 3.63) is 57.9 Å². The molecule has 1 aromatic heterocycles. The predicted octanol–water partition coefficient (Wildman–Crippen LogP) is 2.26. The molecule has 29 heavy (non-hydrogen) atoms. The third-order valence-electron chi connectivity index (χ3n) is 4.18. The fraction of sp³-hybridized carbons (Fsp3) is 0.312. The number of nitro groups is 1. The first kappa shape index (κ1) is 20.4. The number of nitrogens with zero attached hydrogens (tertiary/aromatic N) is 5. The van der Waals surface area contributed by atoms with Gasteiger partial charge in [-0.1, -0.05) is 12.1 Å². The molecule has 1 atom stereocenters. The highest BCUT2D eigenvalue weighted by Gasteiger charge is 2.53. The Hall–Kier alpha value is -3.35. The van der Waals surface area contributed by atoms with Crippen LogP contribution >= 0.6 is 0 Å². The van der Waals surface area contributed by atoms with Gasteiger partial charge >= 0.3 is 5.69 Å². The summed E-state index contributed by atoms with van der Waals surface area (Å²) in [7, 11) is 0. The molecular formula is C16H13F4N5O4. The molecule has 2 heterocycles. The molecule has 0 spiro atoms. The van der Waals surface area contributed by atoms with Crippen LogP contribution < -0.4 is 0 Å². The minimum Gasteiger partial charge on any atom is -0.364 e. The maximum absolute atomic E-state index is 13.3. The van der Waals surface area contributed by atoms with Gasteiger partial charge in [0.15, 0.2) is 0 Å². The number of aliphatic hydroxyl groups is 1. The summed E-state index contributed by atoms with van der Waals surface area (Å²) in [4.78, 5) is 22.7. The first-order valence-electron chi connectivity index (χ1n) is 8.08. The average molecular weight is 415 g/mol. The second kappa shape index (κ2) is 7.58. The van der Waals surface area contributed by atoms with Crippen molar-refractivity contribution in [3.8, 4) is 0 Å². The number of hydrogen-bond acceptors (Lipinski definition) is 6. The number of aromatic nitrogens is 2. The van der Waals surface area contributed by atoms with E-state index in [1.807, 2.05) is 0 Å². The molecule has 1 aliphatic rings. The molecule has 0 saturated carbocycles. The van der Waals surface area contributed by atoms with Crippen LogP contribution in [0.3, 0.4) is 0 Å². The van der Waals surface area contributed by atoms with Crippen LogP contribution in [0.15, 0.2) is 41.8 Å². The van der Waals surface area contributed by atoms with Gasteiger partial charge in [0, 0.05) is 12.0 Å². The standard InChI is InChI=1S/C16H13F4N5O4/c17-13(18)12-5-16(27,15(19)20)24(22-12)14(26)10-3-1-2-9(4-10)7-23-8-11(6-21-23)25(28)29/h1-4,6,8,13,15,27H,5,7H2. The molecule has 2 aromatic rings. The van der Waals surface area contributed by atoms with Gasteiger partial charge in [-0.3, -0.25) is 19.6 Å². The normalized spacial score (nSPS) is 19.1. The molecule has 1 amide bonds. The Kier molecular flexibility index (Phi) is 5.33. The van der Waals surface area contributed by atoms with Crippen molar-refractivity contribution in [2.24, 2.45) is 5.10 Å². The summed E-state index contributed by atoms with van der Waals surface area (Å²) in [5.74, 6) is -1.20. The van der Waals surface area contributed by atoms with E-state index in [9.17, 15) is 37.6 Å². The van der Waals surface area contributed by atoms with E-state index in [0.29, 0.717) is 5.56 Å². The van der Waals surface area contributed by atoms with Crippen molar-refractivity contribution in [1.29, 1.82) is 0 Å². The molecule has 3 rings (SSSR count). The van der Waals surface area contributed by atoms with Crippen LogP contribution in [-0.2, 0) is 6.54 Å². The quantitative estimate of drug-likeness (QED) is 0.442. The number of carbonyl (C=O) groups is 1. The molecule has 0 bridgehead atoms. The second-order valence-corrected chi connectivity index (χ2v) is 6.22. The van der Waals surface area contributed by atoms with E-state index in [4.69, 9.17) is 0 Å². The number of halogens is 4. The molecule has 0 radical (unpaired) electrons. The molecule has 9 nitrogen and oxygen atoms in total. The highest BCUT2D eigenvalue weighted by molar-refractivity contribution is 5.99. The number of hydrogen-bond donors (Lipinski definition) is 1. The Morgan fingerprint density at radius 1 is 1.34 bits per heavy atom. The summed E-state index contributed by atoms with van der Waals surface area (Å²) in [6.45, 7) is 0.0135. The summed E-state index contributed by atoms with van der Waals surface area (Å²) in [5.41, 5.74) is -4.22. The van der Waals surface area contributed by atoms with Crippen LogP contribution in [0.4, 0.5) is 23.2 Å². The van der Waals surface area contributed by atoms with E-state index < -0.39 is 41.5 Å². The Labute approximate surface area is 160 Å². The van der Waals surface area contributed by atoms with E-state index in [1.54, 1.807) is 6.07 Å². The Balaban J connectivity index is 1.87. The van der Waals surface area contributed by atoms with Crippen molar-refractivity contribution in [2.75, 3.05) is 0 Å². The molecule has 0 fully saturated rings. The Morgan fingerprint density at radius 3 is 2.66 bits per heavy atom. The molecule has 13 heteroatoms. The third-order valence-corrected chi connectivity index (χ3v) is 4.18. The lowest BCUT2D eigenvalue weighted by molar-refractivity contribution is -0.385. The molecule has 154 valence electrons. The number of hydrazone groups is 1. The zero-order chi connectivity index (χ0) is 21.3. The fourth-order valence-corrected chi connectivity index (χ4v) is 2.75. The highest BCUT2D eigenvalue weighted by Crippen LogP contribution is 2.34.